The number of aliphatic hydroxyl groups is 1. The van der Waals surface area contributed by atoms with Crippen LogP contribution in [0.3, 0.4) is 0 Å². The van der Waals surface area contributed by atoms with Crippen molar-refractivity contribution in [3.63, 3.8) is 0 Å². The highest BCUT2D eigenvalue weighted by Gasteiger charge is 2.26. The summed E-state index contributed by atoms with van der Waals surface area (Å²) in [6.07, 6.45) is 2.62. The van der Waals surface area contributed by atoms with E-state index < -0.39 is 6.43 Å². The molecule has 210 valence electrons. The molecule has 0 radical (unpaired) electrons. The van der Waals surface area contributed by atoms with Crippen LogP contribution in [-0.4, -0.2) is 69.6 Å². The third kappa shape index (κ3) is 6.30. The van der Waals surface area contributed by atoms with Crippen molar-refractivity contribution in [3.8, 4) is 5.82 Å². The van der Waals surface area contributed by atoms with Crippen LogP contribution in [0.2, 0.25) is 0 Å². The molecular weight excluding hydrogens is 504 g/mol. The third-order valence-corrected chi connectivity index (χ3v) is 7.66. The van der Waals surface area contributed by atoms with Gasteiger partial charge < -0.3 is 25.4 Å². The maximum atomic E-state index is 14.1. The molecular formula is C28H37F2N7O2. The van der Waals surface area contributed by atoms with Crippen LogP contribution in [0.15, 0.2) is 42.2 Å². The Bertz CT molecular complexity index is 1290. The lowest BCUT2D eigenvalue weighted by molar-refractivity contribution is 0.0985. The van der Waals surface area contributed by atoms with Gasteiger partial charge in [-0.05, 0) is 63.2 Å². The van der Waals surface area contributed by atoms with Gasteiger partial charge in [-0.15, -0.1) is 0 Å². The topological polar surface area (TPSA) is 100 Å². The number of para-hydroxylation sites is 2. The first-order valence-corrected chi connectivity index (χ1v) is 13.7. The first kappa shape index (κ1) is 27.3. The molecule has 2 aromatic heterocycles. The van der Waals surface area contributed by atoms with Gasteiger partial charge in [0.1, 0.15) is 11.6 Å². The fourth-order valence-electron chi connectivity index (χ4n) is 5.42. The predicted octanol–water partition coefficient (Wildman–Crippen LogP) is 5.00. The SMILES string of the molecule is C/C(=C\O)CNC1CCC(CNc2nc(N3CCOC[C@@H]3C)cc(-n3c(C(F)F)nc4ccccc43)n2)CC1. The summed E-state index contributed by atoms with van der Waals surface area (Å²) >= 11 is 0. The Morgan fingerprint density at radius 3 is 2.67 bits per heavy atom. The third-order valence-electron chi connectivity index (χ3n) is 7.66. The van der Waals surface area contributed by atoms with Crippen LogP contribution in [0.4, 0.5) is 20.5 Å². The Morgan fingerprint density at radius 2 is 1.92 bits per heavy atom. The van der Waals surface area contributed by atoms with Crippen molar-refractivity contribution in [1.82, 2.24) is 24.8 Å². The number of imidazole rings is 1. The van der Waals surface area contributed by atoms with E-state index in [0.29, 0.717) is 73.4 Å². The van der Waals surface area contributed by atoms with Gasteiger partial charge in [-0.1, -0.05) is 12.1 Å². The van der Waals surface area contributed by atoms with E-state index in [9.17, 15) is 8.78 Å². The van der Waals surface area contributed by atoms with Gasteiger partial charge in [-0.25, -0.2) is 13.8 Å². The zero-order chi connectivity index (χ0) is 27.4. The number of anilines is 2. The van der Waals surface area contributed by atoms with Gasteiger partial charge in [0.15, 0.2) is 5.82 Å². The normalized spacial score (nSPS) is 22.5. The Labute approximate surface area is 227 Å². The number of fused-ring (bicyclic) bond motifs is 1. The summed E-state index contributed by atoms with van der Waals surface area (Å²) in [4.78, 5) is 15.9. The fourth-order valence-corrected chi connectivity index (χ4v) is 5.42. The fraction of sp³-hybridized carbons (Fsp3) is 0.536. The number of nitrogens with one attached hydrogen (secondary N) is 2. The van der Waals surface area contributed by atoms with Crippen molar-refractivity contribution in [2.75, 3.05) is 43.1 Å². The Balaban J connectivity index is 1.39. The number of ether oxygens (including phenoxy) is 1. The molecule has 0 amide bonds. The van der Waals surface area contributed by atoms with Gasteiger partial charge >= 0.3 is 0 Å². The summed E-state index contributed by atoms with van der Waals surface area (Å²) in [7, 11) is 0. The minimum Gasteiger partial charge on any atom is -0.516 e. The molecule has 1 atom stereocenters. The molecule has 3 aromatic rings. The molecule has 1 aliphatic carbocycles. The van der Waals surface area contributed by atoms with Crippen LogP contribution in [-0.2, 0) is 4.74 Å². The van der Waals surface area contributed by atoms with Crippen molar-refractivity contribution >= 4 is 22.8 Å². The number of morpholine rings is 1. The second kappa shape index (κ2) is 12.3. The van der Waals surface area contributed by atoms with Crippen LogP contribution in [0.5, 0.6) is 0 Å². The minimum atomic E-state index is -2.75. The first-order valence-electron chi connectivity index (χ1n) is 13.7. The summed E-state index contributed by atoms with van der Waals surface area (Å²) in [6.45, 7) is 7.17. The van der Waals surface area contributed by atoms with Gasteiger partial charge in [-0.3, -0.25) is 4.57 Å². The zero-order valence-corrected chi connectivity index (χ0v) is 22.5. The van der Waals surface area contributed by atoms with Crippen LogP contribution < -0.4 is 15.5 Å². The molecule has 1 saturated heterocycles. The number of aromatic nitrogens is 4. The van der Waals surface area contributed by atoms with Crippen molar-refractivity contribution < 1.29 is 18.6 Å². The van der Waals surface area contributed by atoms with Crippen LogP contribution >= 0.6 is 0 Å². The lowest BCUT2D eigenvalue weighted by Gasteiger charge is -2.34. The van der Waals surface area contributed by atoms with E-state index in [4.69, 9.17) is 19.8 Å². The summed E-state index contributed by atoms with van der Waals surface area (Å²) < 4.78 is 35.3. The van der Waals surface area contributed by atoms with E-state index in [1.807, 2.05) is 13.0 Å². The number of rotatable bonds is 9. The van der Waals surface area contributed by atoms with E-state index >= 15 is 0 Å². The largest absolute Gasteiger partial charge is 0.516 e. The minimum absolute atomic E-state index is 0.0931. The molecule has 3 N–H and O–H groups in total. The Hall–Kier alpha value is -3.31. The van der Waals surface area contributed by atoms with E-state index in [1.54, 1.807) is 24.3 Å². The molecule has 9 nitrogen and oxygen atoms in total. The van der Waals surface area contributed by atoms with E-state index in [-0.39, 0.29) is 11.9 Å². The average Bonchev–Trinajstić information content (AvgIpc) is 3.36. The number of hydrogen-bond acceptors (Lipinski definition) is 8. The highest BCUT2D eigenvalue weighted by molar-refractivity contribution is 5.78. The standard InChI is InChI=1S/C28H37F2N7O2/c1-18(16-38)14-31-21-9-7-20(8-10-21)15-32-28-34-24(36-11-12-39-17-19(36)2)13-25(35-28)37-23-6-4-3-5-22(23)33-27(37)26(29)30/h3-6,13,16,19-21,26,31,38H,7-12,14-15,17H2,1-2H3,(H,32,34,35)/b18-16+/t19-,20?,21?/m0/s1. The van der Waals surface area contributed by atoms with Gasteiger partial charge in [0, 0.05) is 31.7 Å². The van der Waals surface area contributed by atoms with Crippen molar-refractivity contribution in [3.05, 3.63) is 48.0 Å². The van der Waals surface area contributed by atoms with Gasteiger partial charge in [0.2, 0.25) is 5.95 Å². The number of hydrogen-bond donors (Lipinski definition) is 3. The molecule has 1 aliphatic heterocycles. The Morgan fingerprint density at radius 1 is 1.15 bits per heavy atom. The highest BCUT2D eigenvalue weighted by Crippen LogP contribution is 2.30. The monoisotopic (exact) mass is 541 g/mol. The van der Waals surface area contributed by atoms with Crippen LogP contribution in [0, 0.1) is 5.92 Å². The molecule has 3 heterocycles. The number of aliphatic hydroxyl groups excluding tert-OH is 1. The molecule has 1 saturated carbocycles. The van der Waals surface area contributed by atoms with Gasteiger partial charge in [-0.2, -0.15) is 9.97 Å². The molecule has 2 fully saturated rings. The average molecular weight is 542 g/mol. The van der Waals surface area contributed by atoms with E-state index in [2.05, 4.69) is 27.4 Å². The number of halogens is 2. The second-order valence-electron chi connectivity index (χ2n) is 10.6. The van der Waals surface area contributed by atoms with Crippen molar-refractivity contribution in [2.24, 2.45) is 5.92 Å². The molecule has 5 rings (SSSR count). The summed E-state index contributed by atoms with van der Waals surface area (Å²) in [6, 6.07) is 9.42. The van der Waals surface area contributed by atoms with Gasteiger partial charge in [0.05, 0.1) is 36.6 Å². The summed E-state index contributed by atoms with van der Waals surface area (Å²) in [5.41, 5.74) is 2.00. The van der Waals surface area contributed by atoms with Crippen LogP contribution in [0.1, 0.15) is 51.8 Å². The maximum Gasteiger partial charge on any atom is 0.296 e. The molecule has 0 bridgehead atoms. The number of nitrogens with zero attached hydrogens (tertiary/aromatic N) is 5. The maximum absolute atomic E-state index is 14.1. The lowest BCUT2D eigenvalue weighted by Crippen LogP contribution is -2.44. The molecule has 2 aliphatic rings. The summed E-state index contributed by atoms with van der Waals surface area (Å²) in [5, 5.41) is 16.0. The van der Waals surface area contributed by atoms with Gasteiger partial charge in [0.25, 0.3) is 6.43 Å². The zero-order valence-electron chi connectivity index (χ0n) is 22.5. The lowest BCUT2D eigenvalue weighted by atomic mass is 9.86. The number of benzene rings is 1. The van der Waals surface area contributed by atoms with Crippen LogP contribution in [0.25, 0.3) is 16.9 Å². The highest BCUT2D eigenvalue weighted by atomic mass is 19.3. The molecule has 0 spiro atoms. The molecule has 1 aromatic carbocycles. The van der Waals surface area contributed by atoms with Crippen molar-refractivity contribution in [1.29, 1.82) is 0 Å². The van der Waals surface area contributed by atoms with E-state index in [0.717, 1.165) is 37.5 Å². The van der Waals surface area contributed by atoms with Crippen molar-refractivity contribution in [2.45, 2.75) is 58.0 Å². The Kier molecular flexibility index (Phi) is 8.56. The second-order valence-corrected chi connectivity index (χ2v) is 10.6. The molecule has 11 heteroatoms. The smallest absolute Gasteiger partial charge is 0.296 e. The summed E-state index contributed by atoms with van der Waals surface area (Å²) in [5.74, 6) is 1.59. The predicted molar refractivity (Wildman–Crippen MR) is 148 cm³/mol. The first-order chi connectivity index (χ1) is 18.9. The molecule has 39 heavy (non-hydrogen) atoms. The quantitative estimate of drug-likeness (QED) is 0.326. The molecule has 0 unspecified atom stereocenters. The van der Waals surface area contributed by atoms with E-state index in [1.165, 1.54) is 4.57 Å². The number of alkyl halides is 2.